The number of carbonyl (C=O) groups excluding carboxylic acids is 2. The Morgan fingerprint density at radius 2 is 1.08 bits per heavy atom. The van der Waals surface area contributed by atoms with E-state index in [0.29, 0.717) is 0 Å². The molecule has 6 heteroatoms. The minimum Gasteiger partial charge on any atom is -0.312 e. The Hall–Kier alpha value is -1.46. The first-order chi connectivity index (χ1) is 5.45. The second-order valence-corrected chi connectivity index (χ2v) is 3.41. The van der Waals surface area contributed by atoms with Crippen LogP contribution in [0.4, 0.5) is 9.59 Å². The molecule has 2 aliphatic rings. The molecular weight excluding hydrogens is 160 g/mol. The fourth-order valence-corrected chi connectivity index (χ4v) is 1.53. The molecule has 2 rings (SSSR count). The summed E-state index contributed by atoms with van der Waals surface area (Å²) < 4.78 is 0. The van der Waals surface area contributed by atoms with Crippen LogP contribution in [0, 0.1) is 0 Å². The summed E-state index contributed by atoms with van der Waals surface area (Å²) >= 11 is 0. The van der Waals surface area contributed by atoms with Crippen LogP contribution in [0.25, 0.3) is 0 Å². The van der Waals surface area contributed by atoms with E-state index >= 15 is 0 Å². The molecule has 2 fully saturated rings. The summed E-state index contributed by atoms with van der Waals surface area (Å²) in [6, 6.07) is -0.569. The highest BCUT2D eigenvalue weighted by molar-refractivity contribution is 5.87. The summed E-state index contributed by atoms with van der Waals surface area (Å²) in [6.45, 7) is 3.48. The Bertz CT molecular complexity index is 231. The Morgan fingerprint density at radius 3 is 1.33 bits per heavy atom. The zero-order valence-electron chi connectivity index (χ0n) is 6.82. The molecule has 0 bridgehead atoms. The van der Waals surface area contributed by atoms with Crippen LogP contribution in [0.2, 0.25) is 0 Å². The Morgan fingerprint density at radius 1 is 0.833 bits per heavy atom. The molecule has 0 spiro atoms. The van der Waals surface area contributed by atoms with Gasteiger partial charge >= 0.3 is 12.1 Å². The van der Waals surface area contributed by atoms with Gasteiger partial charge in [0, 0.05) is 0 Å². The molecule has 66 valence electrons. The van der Waals surface area contributed by atoms with Crippen LogP contribution in [0.5, 0.6) is 0 Å². The van der Waals surface area contributed by atoms with Gasteiger partial charge in [0.1, 0.15) is 0 Å². The predicted molar refractivity (Wildman–Crippen MR) is 40.1 cm³/mol. The third kappa shape index (κ3) is 0.640. The van der Waals surface area contributed by atoms with Crippen LogP contribution in [0.3, 0.4) is 0 Å². The number of hydrogen-bond donors (Lipinski definition) is 4. The molecule has 0 radical (unpaired) electrons. The SMILES string of the molecule is CC12NC(=O)NC1(C)NC(=O)N2. The van der Waals surface area contributed by atoms with E-state index in [0.717, 1.165) is 0 Å². The van der Waals surface area contributed by atoms with Crippen LogP contribution < -0.4 is 21.3 Å². The van der Waals surface area contributed by atoms with Crippen molar-refractivity contribution in [3.63, 3.8) is 0 Å². The van der Waals surface area contributed by atoms with Gasteiger partial charge in [0.25, 0.3) is 0 Å². The first kappa shape index (κ1) is 7.20. The van der Waals surface area contributed by atoms with Gasteiger partial charge < -0.3 is 21.3 Å². The number of nitrogens with one attached hydrogen (secondary N) is 4. The molecule has 6 nitrogen and oxygen atoms in total. The average Bonchev–Trinajstić information content (AvgIpc) is 2.09. The third-order valence-corrected chi connectivity index (χ3v) is 2.45. The Kier molecular flexibility index (Phi) is 0.990. The predicted octanol–water partition coefficient (Wildman–Crippen LogP) is -0.956. The molecule has 0 aromatic rings. The Balaban J connectivity index is 2.38. The first-order valence-electron chi connectivity index (χ1n) is 3.66. The van der Waals surface area contributed by atoms with E-state index in [4.69, 9.17) is 0 Å². The molecule has 12 heavy (non-hydrogen) atoms. The molecule has 2 aliphatic heterocycles. The molecule has 0 aromatic carbocycles. The van der Waals surface area contributed by atoms with Crippen molar-refractivity contribution in [1.29, 1.82) is 0 Å². The molecule has 0 unspecified atom stereocenters. The lowest BCUT2D eigenvalue weighted by Gasteiger charge is -2.29. The minimum absolute atomic E-state index is 0.285. The summed E-state index contributed by atoms with van der Waals surface area (Å²) in [5.74, 6) is 0. The van der Waals surface area contributed by atoms with Crippen LogP contribution in [0.15, 0.2) is 0 Å². The number of carbonyl (C=O) groups is 2. The van der Waals surface area contributed by atoms with E-state index in [-0.39, 0.29) is 12.1 Å². The fourth-order valence-electron chi connectivity index (χ4n) is 1.53. The van der Waals surface area contributed by atoms with Gasteiger partial charge in [-0.3, -0.25) is 0 Å². The zero-order valence-corrected chi connectivity index (χ0v) is 6.82. The van der Waals surface area contributed by atoms with E-state index < -0.39 is 11.3 Å². The summed E-state index contributed by atoms with van der Waals surface area (Å²) in [6.07, 6.45) is 0. The maximum atomic E-state index is 11.0. The maximum absolute atomic E-state index is 11.0. The normalized spacial score (nSPS) is 44.2. The standard InChI is InChI=1S/C6H10N4O2/c1-5-6(2,9-3(11)7-5)10-4(12)8-5/h1-2H3,(H2,7,9,11)(H2,8,10,12). The fraction of sp³-hybridized carbons (Fsp3) is 0.667. The van der Waals surface area contributed by atoms with E-state index in [1.54, 1.807) is 13.8 Å². The average molecular weight is 170 g/mol. The quantitative estimate of drug-likeness (QED) is 0.378. The lowest BCUT2D eigenvalue weighted by Crippen LogP contribution is -2.62. The highest BCUT2D eigenvalue weighted by Crippen LogP contribution is 2.25. The van der Waals surface area contributed by atoms with Crippen molar-refractivity contribution in [1.82, 2.24) is 21.3 Å². The third-order valence-electron chi connectivity index (χ3n) is 2.45. The van der Waals surface area contributed by atoms with Gasteiger partial charge in [0.05, 0.1) is 0 Å². The van der Waals surface area contributed by atoms with Crippen LogP contribution >= 0.6 is 0 Å². The second-order valence-electron chi connectivity index (χ2n) is 3.41. The van der Waals surface area contributed by atoms with Gasteiger partial charge in [0.2, 0.25) is 0 Å². The van der Waals surface area contributed by atoms with Gasteiger partial charge in [-0.1, -0.05) is 0 Å². The first-order valence-corrected chi connectivity index (χ1v) is 3.66. The van der Waals surface area contributed by atoms with Crippen molar-refractivity contribution < 1.29 is 9.59 Å². The van der Waals surface area contributed by atoms with Crippen LogP contribution in [-0.4, -0.2) is 23.4 Å². The highest BCUT2D eigenvalue weighted by Gasteiger charge is 2.58. The van der Waals surface area contributed by atoms with Crippen LogP contribution in [-0.2, 0) is 0 Å². The summed E-state index contributed by atoms with van der Waals surface area (Å²) in [4.78, 5) is 21.9. The van der Waals surface area contributed by atoms with Gasteiger partial charge in [-0.2, -0.15) is 0 Å². The van der Waals surface area contributed by atoms with Crippen LogP contribution in [0.1, 0.15) is 13.8 Å². The lowest BCUT2D eigenvalue weighted by atomic mass is 10.0. The smallest absolute Gasteiger partial charge is 0.312 e. The molecule has 4 N–H and O–H groups in total. The summed E-state index contributed by atoms with van der Waals surface area (Å²) in [7, 11) is 0. The highest BCUT2D eigenvalue weighted by atomic mass is 16.2. The molecule has 0 aliphatic carbocycles. The van der Waals surface area contributed by atoms with E-state index in [1.807, 2.05) is 0 Å². The van der Waals surface area contributed by atoms with Crippen molar-refractivity contribution in [2.75, 3.05) is 0 Å². The van der Waals surface area contributed by atoms with E-state index in [9.17, 15) is 9.59 Å². The number of hydrogen-bond acceptors (Lipinski definition) is 2. The topological polar surface area (TPSA) is 82.3 Å². The van der Waals surface area contributed by atoms with Crippen molar-refractivity contribution >= 4 is 12.1 Å². The molecular formula is C6H10N4O2. The summed E-state index contributed by atoms with van der Waals surface area (Å²) in [5, 5.41) is 10.5. The molecule has 0 saturated carbocycles. The summed E-state index contributed by atoms with van der Waals surface area (Å²) in [5.41, 5.74) is -1.47. The molecule has 2 heterocycles. The van der Waals surface area contributed by atoms with Gasteiger partial charge in [-0.05, 0) is 13.8 Å². The largest absolute Gasteiger partial charge is 0.318 e. The maximum Gasteiger partial charge on any atom is 0.318 e. The van der Waals surface area contributed by atoms with E-state index in [2.05, 4.69) is 21.3 Å². The minimum atomic E-state index is -0.735. The zero-order chi connectivity index (χ0) is 8.98. The number of amides is 4. The van der Waals surface area contributed by atoms with Crippen molar-refractivity contribution in [2.24, 2.45) is 0 Å². The van der Waals surface area contributed by atoms with Crippen molar-refractivity contribution in [2.45, 2.75) is 25.2 Å². The number of fused-ring (bicyclic) bond motifs is 1. The van der Waals surface area contributed by atoms with Crippen molar-refractivity contribution in [3.8, 4) is 0 Å². The molecule has 0 atom stereocenters. The molecule has 2 saturated heterocycles. The molecule has 0 aromatic heterocycles. The van der Waals surface area contributed by atoms with Crippen molar-refractivity contribution in [3.05, 3.63) is 0 Å². The number of rotatable bonds is 0. The monoisotopic (exact) mass is 170 g/mol. The van der Waals surface area contributed by atoms with Gasteiger partial charge in [-0.25, -0.2) is 9.59 Å². The lowest BCUT2D eigenvalue weighted by molar-refractivity contribution is 0.235. The second kappa shape index (κ2) is 1.65. The van der Waals surface area contributed by atoms with E-state index in [1.165, 1.54) is 0 Å². The van der Waals surface area contributed by atoms with Gasteiger partial charge in [0.15, 0.2) is 11.3 Å². The van der Waals surface area contributed by atoms with Gasteiger partial charge in [-0.15, -0.1) is 0 Å². The molecule has 4 amide bonds. The Labute approximate surface area is 69.1 Å². The number of urea groups is 2.